The van der Waals surface area contributed by atoms with E-state index in [0.717, 1.165) is 48.3 Å². The predicted molar refractivity (Wildman–Crippen MR) is 145 cm³/mol. The molecule has 1 amide bonds. The fraction of sp³-hybridized carbons (Fsp3) is 0.321. The minimum Gasteiger partial charge on any atom is -0.493 e. The van der Waals surface area contributed by atoms with Crippen LogP contribution in [-0.2, 0) is 32.6 Å². The molecule has 38 heavy (non-hydrogen) atoms. The summed E-state index contributed by atoms with van der Waals surface area (Å²) in [6.45, 7) is 3.98. The van der Waals surface area contributed by atoms with Crippen molar-refractivity contribution in [3.63, 3.8) is 0 Å². The van der Waals surface area contributed by atoms with E-state index in [4.69, 9.17) is 14.2 Å². The van der Waals surface area contributed by atoms with Crippen LogP contribution in [0.2, 0.25) is 0 Å². The lowest BCUT2D eigenvalue weighted by atomic mass is 10.1. The lowest BCUT2D eigenvalue weighted by Gasteiger charge is -2.26. The second-order valence-corrected chi connectivity index (χ2v) is 10.7. The summed E-state index contributed by atoms with van der Waals surface area (Å²) in [5, 5.41) is 2.87. The average molecular weight is 540 g/mol. The Labute approximate surface area is 224 Å². The predicted octanol–water partition coefficient (Wildman–Crippen LogP) is 3.05. The third-order valence-corrected chi connectivity index (χ3v) is 8.04. The first-order valence-corrected chi connectivity index (χ1v) is 13.8. The molecule has 1 fully saturated rings. The fourth-order valence-electron chi connectivity index (χ4n) is 4.26. The van der Waals surface area contributed by atoms with Gasteiger partial charge in [0.05, 0.1) is 38.0 Å². The molecule has 1 aliphatic rings. The van der Waals surface area contributed by atoms with E-state index in [1.54, 1.807) is 30.3 Å². The van der Waals surface area contributed by atoms with Crippen molar-refractivity contribution in [3.8, 4) is 11.5 Å². The van der Waals surface area contributed by atoms with E-state index in [2.05, 4.69) is 22.3 Å². The third-order valence-electron chi connectivity index (χ3n) is 6.27. The van der Waals surface area contributed by atoms with Crippen molar-refractivity contribution in [1.82, 2.24) is 10.2 Å². The standard InChI is InChI=1S/C28H33N3O6S/c1-35-26-12-11-25(18-27(26)36-2)38(33,34)31(24-9-4-3-5-10-24)21-28(32)29-19-22-7-6-8-23(17-22)20-30-13-15-37-16-14-30/h3-12,17-18H,13-16,19-21H2,1-2H3,(H,29,32). The molecule has 0 spiro atoms. The molecule has 0 aliphatic carbocycles. The first kappa shape index (κ1) is 27.4. The second-order valence-electron chi connectivity index (χ2n) is 8.85. The maximum atomic E-state index is 13.7. The molecule has 3 aromatic carbocycles. The molecular weight excluding hydrogens is 506 g/mol. The highest BCUT2D eigenvalue weighted by atomic mass is 32.2. The zero-order valence-electron chi connectivity index (χ0n) is 21.6. The van der Waals surface area contributed by atoms with Crippen molar-refractivity contribution < 1.29 is 27.4 Å². The summed E-state index contributed by atoms with van der Waals surface area (Å²) >= 11 is 0. The van der Waals surface area contributed by atoms with E-state index in [1.807, 2.05) is 12.1 Å². The van der Waals surface area contributed by atoms with Crippen LogP contribution in [0.15, 0.2) is 77.7 Å². The number of amides is 1. The summed E-state index contributed by atoms with van der Waals surface area (Å²) in [6.07, 6.45) is 0. The third kappa shape index (κ3) is 6.83. The minimum atomic E-state index is -4.09. The Hall–Kier alpha value is -3.60. The van der Waals surface area contributed by atoms with E-state index in [-0.39, 0.29) is 23.7 Å². The van der Waals surface area contributed by atoms with Crippen molar-refractivity contribution in [2.75, 3.05) is 51.4 Å². The van der Waals surface area contributed by atoms with E-state index < -0.39 is 15.9 Å². The number of hydrogen-bond donors (Lipinski definition) is 1. The number of para-hydroxylation sites is 1. The van der Waals surface area contributed by atoms with Crippen LogP contribution in [0, 0.1) is 0 Å². The molecule has 3 aromatic rings. The number of nitrogens with zero attached hydrogens (tertiary/aromatic N) is 2. The first-order chi connectivity index (χ1) is 18.4. The van der Waals surface area contributed by atoms with Gasteiger partial charge in [0.2, 0.25) is 5.91 Å². The number of methoxy groups -OCH3 is 2. The lowest BCUT2D eigenvalue weighted by Crippen LogP contribution is -2.40. The van der Waals surface area contributed by atoms with Crippen LogP contribution in [0.1, 0.15) is 11.1 Å². The maximum absolute atomic E-state index is 13.7. The second kappa shape index (κ2) is 12.8. The largest absolute Gasteiger partial charge is 0.493 e. The van der Waals surface area contributed by atoms with Crippen LogP contribution in [-0.4, -0.2) is 66.3 Å². The Morgan fingerprint density at radius 3 is 2.34 bits per heavy atom. The number of hydrogen-bond acceptors (Lipinski definition) is 7. The normalized spacial score (nSPS) is 14.1. The van der Waals surface area contributed by atoms with Crippen LogP contribution in [0.5, 0.6) is 11.5 Å². The van der Waals surface area contributed by atoms with Gasteiger partial charge >= 0.3 is 0 Å². The van der Waals surface area contributed by atoms with Crippen LogP contribution in [0.4, 0.5) is 5.69 Å². The summed E-state index contributed by atoms with van der Waals surface area (Å²) in [6, 6.07) is 20.9. The van der Waals surface area contributed by atoms with Gasteiger partial charge in [-0.25, -0.2) is 8.42 Å². The van der Waals surface area contributed by atoms with E-state index in [0.29, 0.717) is 11.4 Å². The number of carbonyl (C=O) groups excluding carboxylic acids is 1. The number of anilines is 1. The maximum Gasteiger partial charge on any atom is 0.264 e. The smallest absolute Gasteiger partial charge is 0.264 e. The van der Waals surface area contributed by atoms with Gasteiger partial charge in [0.15, 0.2) is 11.5 Å². The van der Waals surface area contributed by atoms with Gasteiger partial charge < -0.3 is 19.5 Å². The Balaban J connectivity index is 1.48. The highest BCUT2D eigenvalue weighted by molar-refractivity contribution is 7.92. The molecule has 0 saturated carbocycles. The fourth-order valence-corrected chi connectivity index (χ4v) is 5.69. The van der Waals surface area contributed by atoms with Crippen molar-refractivity contribution in [1.29, 1.82) is 0 Å². The summed E-state index contributed by atoms with van der Waals surface area (Å²) in [5.41, 5.74) is 2.48. The van der Waals surface area contributed by atoms with E-state index >= 15 is 0 Å². The van der Waals surface area contributed by atoms with Crippen molar-refractivity contribution in [2.45, 2.75) is 18.0 Å². The van der Waals surface area contributed by atoms with Gasteiger partial charge in [-0.05, 0) is 35.4 Å². The molecule has 0 radical (unpaired) electrons. The molecule has 1 aliphatic heterocycles. The molecule has 1 heterocycles. The molecule has 1 saturated heterocycles. The molecule has 1 N–H and O–H groups in total. The SMILES string of the molecule is COc1ccc(S(=O)(=O)N(CC(=O)NCc2cccc(CN3CCOCC3)c2)c2ccccc2)cc1OC. The summed E-state index contributed by atoms with van der Waals surface area (Å²) < 4.78 is 44.4. The molecule has 0 bridgehead atoms. The van der Waals surface area contributed by atoms with Crippen LogP contribution in [0.3, 0.4) is 0 Å². The van der Waals surface area contributed by atoms with Gasteiger partial charge in [-0.2, -0.15) is 0 Å². The Morgan fingerprint density at radius 1 is 0.921 bits per heavy atom. The zero-order chi connectivity index (χ0) is 27.0. The molecular formula is C28H33N3O6S. The van der Waals surface area contributed by atoms with Gasteiger partial charge in [0, 0.05) is 32.2 Å². The van der Waals surface area contributed by atoms with Gasteiger partial charge in [-0.1, -0.05) is 42.5 Å². The van der Waals surface area contributed by atoms with Crippen molar-refractivity contribution in [2.24, 2.45) is 0 Å². The number of benzene rings is 3. The molecule has 10 heteroatoms. The summed E-state index contributed by atoms with van der Waals surface area (Å²) in [7, 11) is -1.18. The highest BCUT2D eigenvalue weighted by Crippen LogP contribution is 2.32. The average Bonchev–Trinajstić information content (AvgIpc) is 2.95. The van der Waals surface area contributed by atoms with E-state index in [9.17, 15) is 13.2 Å². The highest BCUT2D eigenvalue weighted by Gasteiger charge is 2.28. The number of nitrogens with one attached hydrogen (secondary N) is 1. The van der Waals surface area contributed by atoms with Crippen LogP contribution >= 0.6 is 0 Å². The monoisotopic (exact) mass is 539 g/mol. The number of rotatable bonds is 11. The van der Waals surface area contributed by atoms with Crippen molar-refractivity contribution in [3.05, 3.63) is 83.9 Å². The van der Waals surface area contributed by atoms with Crippen LogP contribution in [0.25, 0.3) is 0 Å². The summed E-state index contributed by atoms with van der Waals surface area (Å²) in [4.78, 5) is 15.3. The summed E-state index contributed by atoms with van der Waals surface area (Å²) in [5.74, 6) is 0.269. The quantitative estimate of drug-likeness (QED) is 0.400. The Kier molecular flexibility index (Phi) is 9.22. The molecule has 9 nitrogen and oxygen atoms in total. The topological polar surface area (TPSA) is 97.4 Å². The van der Waals surface area contributed by atoms with Gasteiger partial charge in [0.25, 0.3) is 10.0 Å². The minimum absolute atomic E-state index is 0.0115. The number of morpholine rings is 1. The Morgan fingerprint density at radius 2 is 1.63 bits per heavy atom. The zero-order valence-corrected chi connectivity index (χ0v) is 22.4. The number of ether oxygens (including phenoxy) is 3. The van der Waals surface area contributed by atoms with E-state index in [1.165, 1.54) is 32.4 Å². The van der Waals surface area contributed by atoms with Gasteiger partial charge in [0.1, 0.15) is 6.54 Å². The van der Waals surface area contributed by atoms with Crippen LogP contribution < -0.4 is 19.1 Å². The van der Waals surface area contributed by atoms with Crippen molar-refractivity contribution >= 4 is 21.6 Å². The van der Waals surface area contributed by atoms with Gasteiger partial charge in [-0.15, -0.1) is 0 Å². The molecule has 4 rings (SSSR count). The lowest BCUT2D eigenvalue weighted by molar-refractivity contribution is -0.119. The molecule has 0 aromatic heterocycles. The molecule has 202 valence electrons. The number of carbonyl (C=O) groups is 1. The number of sulfonamides is 1. The van der Waals surface area contributed by atoms with Gasteiger partial charge in [-0.3, -0.25) is 14.0 Å². The molecule has 0 unspecified atom stereocenters. The Bertz CT molecular complexity index is 1330. The first-order valence-electron chi connectivity index (χ1n) is 12.3. The molecule has 0 atom stereocenters.